The van der Waals surface area contributed by atoms with Crippen LogP contribution < -0.4 is 15.0 Å². The average molecular weight is 688 g/mol. The SMILES string of the molecule is CC[C@H](C)c1nc2ccc(Br)cc2c(=O)n1N=Cc1cc(OC)c(OCC(=O)OC(C)C)c(Br)c1Br. The summed E-state index contributed by atoms with van der Waals surface area (Å²) >= 11 is 10.5. The number of esters is 1. The monoisotopic (exact) mass is 685 g/mol. The maximum absolute atomic E-state index is 13.4. The molecule has 0 unspecified atom stereocenters. The molecule has 3 aromatic rings. The normalized spacial score (nSPS) is 12.4. The van der Waals surface area contributed by atoms with Gasteiger partial charge in [-0.25, -0.2) is 9.78 Å². The Kier molecular flexibility index (Phi) is 9.71. The predicted octanol–water partition coefficient (Wildman–Crippen LogP) is 6.42. The van der Waals surface area contributed by atoms with Gasteiger partial charge in [-0.2, -0.15) is 9.78 Å². The van der Waals surface area contributed by atoms with Gasteiger partial charge in [-0.15, -0.1) is 0 Å². The number of methoxy groups -OCH3 is 1. The van der Waals surface area contributed by atoms with Crippen LogP contribution in [0.3, 0.4) is 0 Å². The van der Waals surface area contributed by atoms with Gasteiger partial charge < -0.3 is 14.2 Å². The Labute approximate surface area is 234 Å². The molecule has 1 heterocycles. The van der Waals surface area contributed by atoms with Crippen molar-refractivity contribution in [3.8, 4) is 11.5 Å². The third-order valence-corrected chi connectivity index (χ3v) is 7.91. The first kappa shape index (κ1) is 28.3. The van der Waals surface area contributed by atoms with E-state index >= 15 is 0 Å². The van der Waals surface area contributed by atoms with Gasteiger partial charge in [0.15, 0.2) is 18.1 Å². The number of fused-ring (bicyclic) bond motifs is 1. The highest BCUT2D eigenvalue weighted by Crippen LogP contribution is 2.42. The summed E-state index contributed by atoms with van der Waals surface area (Å²) in [4.78, 5) is 30.0. The van der Waals surface area contributed by atoms with E-state index < -0.39 is 5.97 Å². The lowest BCUT2D eigenvalue weighted by Crippen LogP contribution is -2.23. The highest BCUT2D eigenvalue weighted by atomic mass is 79.9. The minimum Gasteiger partial charge on any atom is -0.493 e. The van der Waals surface area contributed by atoms with Gasteiger partial charge in [0.2, 0.25) is 0 Å². The van der Waals surface area contributed by atoms with E-state index in [1.54, 1.807) is 32.2 Å². The van der Waals surface area contributed by atoms with Crippen LogP contribution in [-0.2, 0) is 9.53 Å². The molecule has 0 bridgehead atoms. The number of benzene rings is 2. The van der Waals surface area contributed by atoms with Crippen molar-refractivity contribution in [2.24, 2.45) is 5.10 Å². The van der Waals surface area contributed by atoms with Crippen LogP contribution in [0.1, 0.15) is 51.4 Å². The fourth-order valence-electron chi connectivity index (χ4n) is 3.31. The van der Waals surface area contributed by atoms with Crippen molar-refractivity contribution in [1.29, 1.82) is 0 Å². The minimum atomic E-state index is -0.492. The number of aromatic nitrogens is 2. The number of hydrogen-bond donors (Lipinski definition) is 0. The molecule has 36 heavy (non-hydrogen) atoms. The smallest absolute Gasteiger partial charge is 0.344 e. The molecule has 0 aliphatic heterocycles. The van der Waals surface area contributed by atoms with E-state index in [4.69, 9.17) is 19.2 Å². The van der Waals surface area contributed by atoms with Gasteiger partial charge in [-0.1, -0.05) is 29.8 Å². The van der Waals surface area contributed by atoms with E-state index in [0.717, 1.165) is 10.9 Å². The molecule has 192 valence electrons. The Morgan fingerprint density at radius 3 is 2.53 bits per heavy atom. The number of carbonyl (C=O) groups is 1. The number of nitrogens with zero attached hydrogens (tertiary/aromatic N) is 3. The van der Waals surface area contributed by atoms with Gasteiger partial charge >= 0.3 is 5.97 Å². The first-order valence-corrected chi connectivity index (χ1v) is 13.6. The summed E-state index contributed by atoms with van der Waals surface area (Å²) in [7, 11) is 1.49. The third kappa shape index (κ3) is 6.36. The molecule has 0 amide bonds. The van der Waals surface area contributed by atoms with Gasteiger partial charge in [-0.05, 0) is 76.4 Å². The lowest BCUT2D eigenvalue weighted by Gasteiger charge is -2.16. The van der Waals surface area contributed by atoms with Crippen molar-refractivity contribution in [2.75, 3.05) is 13.7 Å². The summed E-state index contributed by atoms with van der Waals surface area (Å²) in [5, 5.41) is 4.98. The van der Waals surface area contributed by atoms with Gasteiger partial charge in [-0.3, -0.25) is 4.79 Å². The van der Waals surface area contributed by atoms with Crippen LogP contribution in [0.2, 0.25) is 0 Å². The van der Waals surface area contributed by atoms with Gasteiger partial charge in [0.1, 0.15) is 5.82 Å². The number of hydrogen-bond acceptors (Lipinski definition) is 7. The first-order chi connectivity index (χ1) is 17.1. The van der Waals surface area contributed by atoms with E-state index in [-0.39, 0.29) is 24.2 Å². The van der Waals surface area contributed by atoms with Crippen LogP contribution in [0, 0.1) is 0 Å². The molecule has 0 aliphatic rings. The van der Waals surface area contributed by atoms with E-state index in [1.165, 1.54) is 11.8 Å². The van der Waals surface area contributed by atoms with Crippen molar-refractivity contribution >= 4 is 70.9 Å². The number of carbonyl (C=O) groups excluding carboxylic acids is 1. The maximum atomic E-state index is 13.4. The molecule has 1 atom stereocenters. The quantitative estimate of drug-likeness (QED) is 0.191. The highest BCUT2D eigenvalue weighted by molar-refractivity contribution is 9.13. The molecule has 0 spiro atoms. The van der Waals surface area contributed by atoms with Gasteiger partial charge in [0.25, 0.3) is 5.56 Å². The standard InChI is InChI=1S/C25H26Br3N3O5/c1-6-14(4)24-30-18-8-7-16(26)10-17(18)25(33)31(24)29-11-15-9-19(34-5)23(22(28)21(15)27)35-12-20(32)36-13(2)3/h7-11,13-14H,6,12H2,1-5H3/t14-/m0/s1. The molecular weight excluding hydrogens is 662 g/mol. The van der Waals surface area contributed by atoms with Crippen molar-refractivity contribution in [2.45, 2.75) is 46.1 Å². The second-order valence-electron chi connectivity index (χ2n) is 8.25. The molecule has 11 heteroatoms. The molecule has 8 nitrogen and oxygen atoms in total. The van der Waals surface area contributed by atoms with Gasteiger partial charge in [0, 0.05) is 20.4 Å². The summed E-state index contributed by atoms with van der Waals surface area (Å²) in [6.45, 7) is 7.29. The zero-order valence-electron chi connectivity index (χ0n) is 20.5. The zero-order valence-corrected chi connectivity index (χ0v) is 25.2. The molecular formula is C25H26Br3N3O5. The second kappa shape index (κ2) is 12.3. The second-order valence-corrected chi connectivity index (χ2v) is 10.8. The molecule has 0 N–H and O–H groups in total. The van der Waals surface area contributed by atoms with Crippen LogP contribution in [0.4, 0.5) is 0 Å². The molecule has 0 fully saturated rings. The number of halogens is 3. The van der Waals surface area contributed by atoms with E-state index in [2.05, 4.69) is 52.9 Å². The lowest BCUT2D eigenvalue weighted by molar-refractivity contribution is -0.149. The summed E-state index contributed by atoms with van der Waals surface area (Å²) in [5.74, 6) is 0.789. The van der Waals surface area contributed by atoms with Gasteiger partial charge in [0.05, 0.1) is 34.8 Å². The van der Waals surface area contributed by atoms with Crippen LogP contribution in [-0.4, -0.2) is 41.7 Å². The van der Waals surface area contributed by atoms with Crippen molar-refractivity contribution in [1.82, 2.24) is 9.66 Å². The van der Waals surface area contributed by atoms with E-state index in [9.17, 15) is 9.59 Å². The Balaban J connectivity index is 2.05. The van der Waals surface area contributed by atoms with Crippen molar-refractivity contribution < 1.29 is 19.0 Å². The van der Waals surface area contributed by atoms with Crippen LogP contribution in [0.5, 0.6) is 11.5 Å². The van der Waals surface area contributed by atoms with Crippen LogP contribution in [0.25, 0.3) is 10.9 Å². The van der Waals surface area contributed by atoms with Crippen molar-refractivity contribution in [3.05, 3.63) is 59.4 Å². The van der Waals surface area contributed by atoms with Crippen LogP contribution >= 0.6 is 47.8 Å². The van der Waals surface area contributed by atoms with Crippen LogP contribution in [0.15, 0.2) is 47.6 Å². The Hall–Kier alpha value is -2.24. The lowest BCUT2D eigenvalue weighted by atomic mass is 10.1. The largest absolute Gasteiger partial charge is 0.493 e. The Morgan fingerprint density at radius 2 is 1.89 bits per heavy atom. The third-order valence-electron chi connectivity index (χ3n) is 5.28. The summed E-state index contributed by atoms with van der Waals surface area (Å²) in [6, 6.07) is 7.11. The summed E-state index contributed by atoms with van der Waals surface area (Å²) in [6.07, 6.45) is 2.09. The Morgan fingerprint density at radius 1 is 1.17 bits per heavy atom. The van der Waals surface area contributed by atoms with Crippen molar-refractivity contribution in [3.63, 3.8) is 0 Å². The minimum absolute atomic E-state index is 0.00832. The fourth-order valence-corrected chi connectivity index (χ4v) is 4.61. The predicted molar refractivity (Wildman–Crippen MR) is 151 cm³/mol. The molecule has 3 rings (SSSR count). The molecule has 0 saturated carbocycles. The molecule has 0 radical (unpaired) electrons. The molecule has 1 aromatic heterocycles. The van der Waals surface area contributed by atoms with E-state index in [1.807, 2.05) is 26.0 Å². The zero-order chi connectivity index (χ0) is 26.6. The topological polar surface area (TPSA) is 92.0 Å². The summed E-state index contributed by atoms with van der Waals surface area (Å²) < 4.78 is 19.5. The molecule has 2 aromatic carbocycles. The molecule has 0 aliphatic carbocycles. The van der Waals surface area contributed by atoms with E-state index in [0.29, 0.717) is 42.7 Å². The number of rotatable bonds is 9. The average Bonchev–Trinajstić information content (AvgIpc) is 2.84. The summed E-state index contributed by atoms with van der Waals surface area (Å²) in [5.41, 5.74) is 0.971. The maximum Gasteiger partial charge on any atom is 0.344 e. The Bertz CT molecular complexity index is 1370. The first-order valence-electron chi connectivity index (χ1n) is 11.2. The number of ether oxygens (including phenoxy) is 3. The molecule has 0 saturated heterocycles. The fraction of sp³-hybridized carbons (Fsp3) is 0.360. The highest BCUT2D eigenvalue weighted by Gasteiger charge is 2.19.